The normalized spacial score (nSPS) is 16.4. The van der Waals surface area contributed by atoms with E-state index in [0.29, 0.717) is 64.7 Å². The van der Waals surface area contributed by atoms with Crippen molar-refractivity contribution in [1.29, 1.82) is 0 Å². The number of azide groups is 2. The zero-order valence-corrected chi connectivity index (χ0v) is 27.2. The van der Waals surface area contributed by atoms with Crippen molar-refractivity contribution in [3.63, 3.8) is 0 Å². The third-order valence-corrected chi connectivity index (χ3v) is 8.32. The molecule has 4 aromatic rings. The summed E-state index contributed by atoms with van der Waals surface area (Å²) in [6.07, 6.45) is 0.0447. The Morgan fingerprint density at radius 3 is 2.41 bits per heavy atom. The molecule has 2 atom stereocenters. The van der Waals surface area contributed by atoms with Gasteiger partial charge in [-0.2, -0.15) is 0 Å². The molecule has 0 saturated heterocycles. The predicted octanol–water partition coefficient (Wildman–Crippen LogP) is 7.22. The summed E-state index contributed by atoms with van der Waals surface area (Å²) in [6.45, 7) is 0.765. The average molecular weight is 680 g/mol. The van der Waals surface area contributed by atoms with Gasteiger partial charge in [0.2, 0.25) is 5.90 Å². The number of halogens is 1. The summed E-state index contributed by atoms with van der Waals surface area (Å²) in [6, 6.07) is 28.8. The van der Waals surface area contributed by atoms with E-state index in [-0.39, 0.29) is 25.5 Å². The topological polar surface area (TPSA) is 190 Å². The van der Waals surface area contributed by atoms with E-state index >= 15 is 0 Å². The molecule has 250 valence electrons. The van der Waals surface area contributed by atoms with E-state index in [1.165, 1.54) is 0 Å². The van der Waals surface area contributed by atoms with E-state index in [2.05, 4.69) is 30.9 Å². The Labute approximate surface area is 287 Å². The van der Waals surface area contributed by atoms with Crippen molar-refractivity contribution in [2.75, 3.05) is 19.8 Å². The third-order valence-electron chi connectivity index (χ3n) is 7.95. The van der Waals surface area contributed by atoms with Crippen molar-refractivity contribution in [2.45, 2.75) is 37.5 Å². The van der Waals surface area contributed by atoms with Crippen LogP contribution >= 0.6 is 11.6 Å². The van der Waals surface area contributed by atoms with E-state index in [1.807, 2.05) is 48.5 Å². The second-order valence-electron chi connectivity index (χ2n) is 11.1. The van der Waals surface area contributed by atoms with E-state index < -0.39 is 17.6 Å². The molecule has 5 rings (SSSR count). The van der Waals surface area contributed by atoms with Gasteiger partial charge in [-0.05, 0) is 70.1 Å². The second-order valence-corrected chi connectivity index (χ2v) is 11.5. The number of carbonyl (C=O) groups is 1. The molecule has 0 unspecified atom stereocenters. The lowest BCUT2D eigenvalue weighted by atomic mass is 9.80. The van der Waals surface area contributed by atoms with Gasteiger partial charge in [-0.3, -0.25) is 10.2 Å². The summed E-state index contributed by atoms with van der Waals surface area (Å²) in [5.74, 6) is 0.310. The van der Waals surface area contributed by atoms with Gasteiger partial charge in [-0.15, -0.1) is 0 Å². The van der Waals surface area contributed by atoms with E-state index in [9.17, 15) is 10.3 Å². The first-order valence-electron chi connectivity index (χ1n) is 15.6. The highest BCUT2D eigenvalue weighted by atomic mass is 35.5. The number of carbonyl (C=O) groups excluding carboxylic acids is 1. The number of nitrogens with one attached hydrogen (secondary N) is 2. The van der Waals surface area contributed by atoms with E-state index in [0.717, 1.165) is 5.56 Å². The Morgan fingerprint density at radius 1 is 0.959 bits per heavy atom. The van der Waals surface area contributed by atoms with Gasteiger partial charge in [0.1, 0.15) is 5.75 Å². The molecule has 1 aliphatic rings. The molecule has 0 aliphatic carbocycles. The molecular weight excluding hydrogens is 646 g/mol. The molecular formula is C35H34ClN9O4. The molecule has 0 spiro atoms. The minimum Gasteiger partial charge on any atom is -0.494 e. The Bertz CT molecular complexity index is 1890. The summed E-state index contributed by atoms with van der Waals surface area (Å²) < 4.78 is 12.3. The van der Waals surface area contributed by atoms with Crippen molar-refractivity contribution in [3.8, 4) is 5.75 Å². The van der Waals surface area contributed by atoms with Crippen LogP contribution in [0, 0.1) is 0 Å². The van der Waals surface area contributed by atoms with Crippen LogP contribution in [0.15, 0.2) is 112 Å². The van der Waals surface area contributed by atoms with Gasteiger partial charge in [-0.1, -0.05) is 88.6 Å². The SMILES string of the molecule is [N-]=[N+]=NCc1ccccc1[C@@H]1OC(c2ccc(OCCCO)cc2)=N[C@]1(Cc1ccccc1N=[N+]=[N-])C(=O)NNCCc1ccccc1Cl. The fourth-order valence-electron chi connectivity index (χ4n) is 5.55. The highest BCUT2D eigenvalue weighted by molar-refractivity contribution is 6.31. The number of hydrogen-bond acceptors (Lipinski definition) is 8. The molecule has 1 amide bonds. The van der Waals surface area contributed by atoms with Gasteiger partial charge in [0, 0.05) is 52.1 Å². The van der Waals surface area contributed by atoms with Crippen LogP contribution in [0.25, 0.3) is 20.9 Å². The summed E-state index contributed by atoms with van der Waals surface area (Å²) in [5, 5.41) is 17.4. The first-order chi connectivity index (χ1) is 24.0. The maximum atomic E-state index is 14.6. The molecule has 13 nitrogen and oxygen atoms in total. The van der Waals surface area contributed by atoms with E-state index in [1.54, 1.807) is 48.5 Å². The minimum atomic E-state index is -1.63. The quantitative estimate of drug-likeness (QED) is 0.0370. The van der Waals surface area contributed by atoms with E-state index in [4.69, 9.17) is 36.7 Å². The van der Waals surface area contributed by atoms with Gasteiger partial charge in [0.05, 0.1) is 13.2 Å². The Hall–Kier alpha value is -5.55. The summed E-state index contributed by atoms with van der Waals surface area (Å²) in [7, 11) is 0. The van der Waals surface area contributed by atoms with Gasteiger partial charge < -0.3 is 14.6 Å². The lowest BCUT2D eigenvalue weighted by molar-refractivity contribution is -0.130. The number of rotatable bonds is 16. The molecule has 0 saturated carbocycles. The average Bonchev–Trinajstić information content (AvgIpc) is 3.51. The molecule has 0 aromatic heterocycles. The second kappa shape index (κ2) is 17.0. The van der Waals surface area contributed by atoms with Crippen LogP contribution in [0.5, 0.6) is 5.75 Å². The van der Waals surface area contributed by atoms with Crippen LogP contribution in [0.2, 0.25) is 5.02 Å². The van der Waals surface area contributed by atoms with Crippen molar-refractivity contribution < 1.29 is 19.4 Å². The lowest BCUT2D eigenvalue weighted by Gasteiger charge is -2.32. The van der Waals surface area contributed by atoms with Crippen LogP contribution in [0.1, 0.15) is 40.3 Å². The lowest BCUT2D eigenvalue weighted by Crippen LogP contribution is -2.54. The number of aliphatic hydroxyl groups is 1. The summed E-state index contributed by atoms with van der Waals surface area (Å²) >= 11 is 6.34. The molecule has 49 heavy (non-hydrogen) atoms. The highest BCUT2D eigenvalue weighted by Crippen LogP contribution is 2.44. The number of aliphatic hydroxyl groups excluding tert-OH is 1. The largest absolute Gasteiger partial charge is 0.494 e. The maximum Gasteiger partial charge on any atom is 0.266 e. The Balaban J connectivity index is 1.57. The van der Waals surface area contributed by atoms with Gasteiger partial charge in [-0.25, -0.2) is 10.4 Å². The molecule has 0 radical (unpaired) electrons. The van der Waals surface area contributed by atoms with Crippen LogP contribution in [-0.2, 0) is 28.9 Å². The smallest absolute Gasteiger partial charge is 0.266 e. The first-order valence-corrected chi connectivity index (χ1v) is 16.0. The van der Waals surface area contributed by atoms with Crippen molar-refractivity contribution in [1.82, 2.24) is 10.9 Å². The number of benzene rings is 4. The molecule has 0 fully saturated rings. The highest BCUT2D eigenvalue weighted by Gasteiger charge is 2.54. The Kier molecular flexibility index (Phi) is 12.1. The molecule has 3 N–H and O–H groups in total. The fourth-order valence-corrected chi connectivity index (χ4v) is 5.78. The Morgan fingerprint density at radius 2 is 1.67 bits per heavy atom. The van der Waals surface area contributed by atoms with Gasteiger partial charge >= 0.3 is 0 Å². The summed E-state index contributed by atoms with van der Waals surface area (Å²) in [4.78, 5) is 25.5. The zero-order chi connectivity index (χ0) is 34.5. The van der Waals surface area contributed by atoms with Crippen molar-refractivity contribution >= 4 is 29.1 Å². The predicted molar refractivity (Wildman–Crippen MR) is 186 cm³/mol. The van der Waals surface area contributed by atoms with Gasteiger partial charge in [0.25, 0.3) is 5.91 Å². The van der Waals surface area contributed by atoms with Crippen LogP contribution in [0.4, 0.5) is 5.69 Å². The molecule has 0 bridgehead atoms. The zero-order valence-electron chi connectivity index (χ0n) is 26.4. The van der Waals surface area contributed by atoms with Crippen molar-refractivity contribution in [3.05, 3.63) is 151 Å². The number of ether oxygens (including phenoxy) is 2. The third kappa shape index (κ3) is 8.49. The first kappa shape index (κ1) is 34.8. The summed E-state index contributed by atoms with van der Waals surface area (Å²) in [5.41, 5.74) is 26.4. The minimum absolute atomic E-state index is 0.00735. The molecule has 14 heteroatoms. The molecule has 1 aliphatic heterocycles. The number of nitrogens with zero attached hydrogens (tertiary/aromatic N) is 7. The van der Waals surface area contributed by atoms with Crippen LogP contribution < -0.4 is 15.6 Å². The van der Waals surface area contributed by atoms with Crippen molar-refractivity contribution in [2.24, 2.45) is 15.2 Å². The van der Waals surface area contributed by atoms with Crippen LogP contribution in [-0.4, -0.2) is 42.2 Å². The molecule has 1 heterocycles. The monoisotopic (exact) mass is 679 g/mol. The number of hydrogen-bond donors (Lipinski definition) is 3. The molecule has 4 aromatic carbocycles. The fraction of sp³-hybridized carbons (Fsp3) is 0.257. The van der Waals surface area contributed by atoms with Crippen LogP contribution in [0.3, 0.4) is 0 Å². The van der Waals surface area contributed by atoms with Gasteiger partial charge in [0.15, 0.2) is 11.6 Å². The number of amides is 1. The number of aliphatic imine (C=N–C) groups is 1. The standard InChI is InChI=1S/C35H34ClN9O4/c36-30-12-5-2-8-24(30)18-19-39-43-34(47)35(22-26-9-3-6-13-31(26)42-45-38)32(29-11-4-1-10-27(29)23-40-44-37)49-33(41-35)25-14-16-28(17-15-25)48-21-7-20-46/h1-6,8-17,32,39,46H,7,18-23H2,(H,43,47)/t32-,35-/m0/s1. The number of hydrazine groups is 1. The maximum absolute atomic E-state index is 14.6.